The molecule has 0 spiro atoms. The van der Waals surface area contributed by atoms with E-state index < -0.39 is 0 Å². The van der Waals surface area contributed by atoms with Crippen LogP contribution in [0.2, 0.25) is 0 Å². The van der Waals surface area contributed by atoms with E-state index >= 15 is 0 Å². The second-order valence-electron chi connectivity index (χ2n) is 3.38. The van der Waals surface area contributed by atoms with Crippen molar-refractivity contribution in [1.82, 2.24) is 0 Å². The molecule has 0 aromatic heterocycles. The summed E-state index contributed by atoms with van der Waals surface area (Å²) in [5.74, 6) is 0. The van der Waals surface area contributed by atoms with Crippen LogP contribution in [0.1, 0.15) is 13.8 Å². The molecule has 4 heteroatoms. The van der Waals surface area contributed by atoms with Crippen molar-refractivity contribution in [2.75, 3.05) is 0 Å². The quantitative estimate of drug-likeness (QED) is 0.505. The average molecular weight is 266 g/mol. The molecule has 0 amide bonds. The summed E-state index contributed by atoms with van der Waals surface area (Å²) in [5, 5.41) is 2.50. The topological polar surface area (TPSA) is 12.4 Å². The first-order chi connectivity index (χ1) is 6.61. The van der Waals surface area contributed by atoms with Gasteiger partial charge in [0.15, 0.2) is 0 Å². The van der Waals surface area contributed by atoms with E-state index in [1.807, 2.05) is 12.1 Å². The summed E-state index contributed by atoms with van der Waals surface area (Å²) in [6.45, 7) is 4.26. The number of nitrogens with zero attached hydrogens (tertiary/aromatic N) is 1. The van der Waals surface area contributed by atoms with E-state index in [1.165, 1.54) is 5.57 Å². The van der Waals surface area contributed by atoms with Gasteiger partial charge in [0.2, 0.25) is 0 Å². The highest BCUT2D eigenvalue weighted by Gasteiger charge is 2.13. The second kappa shape index (κ2) is 3.74. The minimum atomic E-state index is 0.416. The molecule has 2 rings (SSSR count). The molecule has 0 saturated carbocycles. The summed E-state index contributed by atoms with van der Waals surface area (Å²) < 4.78 is 5.47. The molecule has 1 heterocycles. The molecule has 2 radical (unpaired) electrons. The van der Waals surface area contributed by atoms with Gasteiger partial charge in [0.05, 0.1) is 5.36 Å². The monoisotopic (exact) mass is 265 g/mol. The maximum absolute atomic E-state index is 5.95. The van der Waals surface area contributed by atoms with E-state index in [0.29, 0.717) is 5.25 Å². The molecule has 1 atom stereocenters. The normalized spacial score (nSPS) is 20.2. The SMILES string of the molecule is [B]c1ccc(Br)c2c1=C(C)C(C)SN=2. The Hall–Kier alpha value is -0.215. The van der Waals surface area contributed by atoms with Crippen molar-refractivity contribution in [3.8, 4) is 0 Å². The third kappa shape index (κ3) is 1.55. The van der Waals surface area contributed by atoms with Crippen molar-refractivity contribution < 1.29 is 0 Å². The molecular weight excluding hydrogens is 257 g/mol. The van der Waals surface area contributed by atoms with Crippen LogP contribution in [0.4, 0.5) is 0 Å². The number of halogens is 1. The van der Waals surface area contributed by atoms with Gasteiger partial charge in [-0.2, -0.15) is 0 Å². The zero-order valence-corrected chi connectivity index (χ0v) is 10.4. The fourth-order valence-corrected chi connectivity index (χ4v) is 2.76. The summed E-state index contributed by atoms with van der Waals surface area (Å²) in [6.07, 6.45) is 0. The minimum Gasteiger partial charge on any atom is -0.214 e. The van der Waals surface area contributed by atoms with Gasteiger partial charge < -0.3 is 0 Å². The number of hydrogen-bond acceptors (Lipinski definition) is 2. The van der Waals surface area contributed by atoms with Crippen LogP contribution in [0.3, 0.4) is 0 Å². The van der Waals surface area contributed by atoms with E-state index in [-0.39, 0.29) is 0 Å². The summed E-state index contributed by atoms with van der Waals surface area (Å²) >= 11 is 5.08. The third-order valence-corrected chi connectivity index (χ3v) is 4.06. The summed E-state index contributed by atoms with van der Waals surface area (Å²) in [5.41, 5.74) is 2.12. The molecule has 0 aliphatic carbocycles. The Morgan fingerprint density at radius 3 is 2.93 bits per heavy atom. The molecule has 1 aromatic carbocycles. The standard InChI is InChI=1S/C10H9BBrNS/c1-5-6(2)14-13-10-8(12)4-3-7(11)9(5)10/h3-4,6H,1-2H3. The van der Waals surface area contributed by atoms with Crippen LogP contribution in [0.15, 0.2) is 21.0 Å². The van der Waals surface area contributed by atoms with Crippen molar-refractivity contribution in [3.63, 3.8) is 0 Å². The van der Waals surface area contributed by atoms with E-state index in [1.54, 1.807) is 11.9 Å². The minimum absolute atomic E-state index is 0.416. The molecule has 0 fully saturated rings. The molecule has 70 valence electrons. The van der Waals surface area contributed by atoms with E-state index in [0.717, 1.165) is 20.5 Å². The first kappa shape index (κ1) is 10.3. The molecule has 1 aliphatic heterocycles. The molecule has 1 aliphatic rings. The van der Waals surface area contributed by atoms with E-state index in [9.17, 15) is 0 Å². The van der Waals surface area contributed by atoms with Crippen LogP contribution in [-0.2, 0) is 0 Å². The first-order valence-electron chi connectivity index (χ1n) is 4.40. The third-order valence-electron chi connectivity index (χ3n) is 2.47. The van der Waals surface area contributed by atoms with Gasteiger partial charge >= 0.3 is 0 Å². The zero-order chi connectivity index (χ0) is 10.3. The van der Waals surface area contributed by atoms with Crippen molar-refractivity contribution in [2.24, 2.45) is 4.40 Å². The Balaban J connectivity index is 2.96. The first-order valence-corrected chi connectivity index (χ1v) is 6.03. The number of fused-ring (bicyclic) bond motifs is 1. The highest BCUT2D eigenvalue weighted by Crippen LogP contribution is 2.20. The number of benzene rings is 1. The number of rotatable bonds is 0. The van der Waals surface area contributed by atoms with Crippen LogP contribution in [0.5, 0.6) is 0 Å². The molecule has 0 N–H and O–H groups in total. The lowest BCUT2D eigenvalue weighted by molar-refractivity contribution is 1.18. The Labute approximate surface area is 97.4 Å². The summed E-state index contributed by atoms with van der Waals surface area (Å²) in [6, 6.07) is 3.87. The molecule has 0 saturated heterocycles. The van der Waals surface area contributed by atoms with Crippen LogP contribution in [0.25, 0.3) is 5.57 Å². The number of hydrogen-bond donors (Lipinski definition) is 0. The molecule has 1 unspecified atom stereocenters. The lowest BCUT2D eigenvalue weighted by Crippen LogP contribution is -2.44. The van der Waals surface area contributed by atoms with Crippen LogP contribution >= 0.6 is 27.9 Å². The summed E-state index contributed by atoms with van der Waals surface area (Å²) in [4.78, 5) is 0. The fraction of sp³-hybridized carbons (Fsp3) is 0.300. The largest absolute Gasteiger partial charge is 0.214 e. The van der Waals surface area contributed by atoms with E-state index in [2.05, 4.69) is 34.2 Å². The van der Waals surface area contributed by atoms with Crippen molar-refractivity contribution in [3.05, 3.63) is 27.2 Å². The van der Waals surface area contributed by atoms with Crippen LogP contribution in [-0.4, -0.2) is 13.1 Å². The van der Waals surface area contributed by atoms with Crippen molar-refractivity contribution >= 4 is 46.8 Å². The van der Waals surface area contributed by atoms with Gasteiger partial charge in [-0.25, -0.2) is 4.40 Å². The lowest BCUT2D eigenvalue weighted by Gasteiger charge is -2.15. The Kier molecular flexibility index (Phi) is 2.75. The molecule has 1 aromatic rings. The smallest absolute Gasteiger partial charge is 0.114 e. The highest BCUT2D eigenvalue weighted by atomic mass is 79.9. The second-order valence-corrected chi connectivity index (χ2v) is 5.34. The Bertz CT molecular complexity index is 498. The van der Waals surface area contributed by atoms with Gasteiger partial charge in [0.1, 0.15) is 7.85 Å². The molecular formula is C10H9BBrNS. The predicted molar refractivity (Wildman–Crippen MR) is 66.4 cm³/mol. The zero-order valence-electron chi connectivity index (χ0n) is 8.04. The molecule has 0 bridgehead atoms. The van der Waals surface area contributed by atoms with Gasteiger partial charge in [-0.1, -0.05) is 11.5 Å². The summed E-state index contributed by atoms with van der Waals surface area (Å²) in [7, 11) is 5.95. The van der Waals surface area contributed by atoms with Gasteiger partial charge in [-0.15, -0.1) is 0 Å². The van der Waals surface area contributed by atoms with Gasteiger partial charge in [0.25, 0.3) is 0 Å². The maximum atomic E-state index is 5.95. The average Bonchev–Trinajstić information content (AvgIpc) is 2.16. The van der Waals surface area contributed by atoms with Crippen LogP contribution < -0.4 is 16.0 Å². The Morgan fingerprint density at radius 2 is 2.21 bits per heavy atom. The fourth-order valence-electron chi connectivity index (χ4n) is 1.50. The predicted octanol–water partition coefficient (Wildman–Crippen LogP) is 1.08. The Morgan fingerprint density at radius 1 is 1.50 bits per heavy atom. The van der Waals surface area contributed by atoms with E-state index in [4.69, 9.17) is 7.85 Å². The van der Waals surface area contributed by atoms with Gasteiger partial charge in [-0.05, 0) is 58.6 Å². The molecule has 1 nitrogen and oxygen atoms in total. The van der Waals surface area contributed by atoms with Gasteiger partial charge in [-0.3, -0.25) is 0 Å². The van der Waals surface area contributed by atoms with Crippen molar-refractivity contribution in [2.45, 2.75) is 19.1 Å². The lowest BCUT2D eigenvalue weighted by atomic mass is 9.91. The van der Waals surface area contributed by atoms with Gasteiger partial charge in [0, 0.05) is 9.72 Å². The van der Waals surface area contributed by atoms with Crippen molar-refractivity contribution in [1.29, 1.82) is 0 Å². The van der Waals surface area contributed by atoms with Crippen LogP contribution in [0, 0.1) is 0 Å². The highest BCUT2D eigenvalue weighted by molar-refractivity contribution is 9.10. The maximum Gasteiger partial charge on any atom is 0.114 e. The molecule has 14 heavy (non-hydrogen) atoms.